The third kappa shape index (κ3) is 61.9. The van der Waals surface area contributed by atoms with Crippen molar-refractivity contribution in [3.63, 3.8) is 0 Å². The summed E-state index contributed by atoms with van der Waals surface area (Å²) in [5.74, 6) is -0.0216. The molecule has 0 aromatic heterocycles. The Hall–Kier alpha value is -0.870. The van der Waals surface area contributed by atoms with Crippen LogP contribution in [0.25, 0.3) is 0 Å². The van der Waals surface area contributed by atoms with Crippen LogP contribution in [0.5, 0.6) is 0 Å². The van der Waals surface area contributed by atoms with Gasteiger partial charge in [-0.15, -0.1) is 0 Å². The van der Waals surface area contributed by atoms with Crippen LogP contribution >= 0.6 is 0 Å². The summed E-state index contributed by atoms with van der Waals surface area (Å²) in [6.07, 6.45) is 87.0. The molecule has 436 valence electrons. The Kier molecular flexibility index (Phi) is 64.6. The molecule has 0 radical (unpaired) electrons. The molecule has 0 aromatic carbocycles. The number of nitrogens with one attached hydrogen (secondary N) is 1. The van der Waals surface area contributed by atoms with Crippen LogP contribution in [0.3, 0.4) is 0 Å². The van der Waals surface area contributed by atoms with Crippen molar-refractivity contribution in [2.45, 2.75) is 418 Å². The lowest BCUT2D eigenvalue weighted by molar-refractivity contribution is -0.123. The maximum Gasteiger partial charge on any atom is 0.220 e. The van der Waals surface area contributed by atoms with Crippen LogP contribution in [0, 0.1) is 0 Å². The summed E-state index contributed by atoms with van der Waals surface area (Å²) < 4.78 is 0. The SMILES string of the molecule is CCCCCCCCCCCCCCCCCC/C=C\CCCCCCCCCCCCCCCCCCCC(=O)NC(CO)C(O)CCCCCCCCCCCCCCCCCCCCCCCCCC. The minimum atomic E-state index is -0.658. The summed E-state index contributed by atoms with van der Waals surface area (Å²) in [6.45, 7) is 4.41. The van der Waals surface area contributed by atoms with Crippen molar-refractivity contribution in [1.29, 1.82) is 0 Å². The molecule has 0 spiro atoms. The van der Waals surface area contributed by atoms with Gasteiger partial charge >= 0.3 is 0 Å². The van der Waals surface area contributed by atoms with Gasteiger partial charge in [0, 0.05) is 6.42 Å². The van der Waals surface area contributed by atoms with Crippen molar-refractivity contribution in [3.8, 4) is 0 Å². The van der Waals surface area contributed by atoms with E-state index in [0.29, 0.717) is 12.8 Å². The van der Waals surface area contributed by atoms with Crippen LogP contribution in [0.4, 0.5) is 0 Å². The van der Waals surface area contributed by atoms with Gasteiger partial charge in [0.1, 0.15) is 0 Å². The first-order valence-electron chi connectivity index (χ1n) is 34.4. The minimum absolute atomic E-state index is 0.0216. The van der Waals surface area contributed by atoms with Gasteiger partial charge in [-0.1, -0.05) is 373 Å². The zero-order chi connectivity index (χ0) is 52.7. The molecule has 0 heterocycles. The van der Waals surface area contributed by atoms with E-state index in [1.54, 1.807) is 0 Å². The van der Waals surface area contributed by atoms with E-state index in [4.69, 9.17) is 0 Å². The second-order valence-electron chi connectivity index (χ2n) is 24.0. The van der Waals surface area contributed by atoms with Crippen molar-refractivity contribution < 1.29 is 15.0 Å². The summed E-state index contributed by atoms with van der Waals surface area (Å²) in [5.41, 5.74) is 0. The molecule has 2 unspecified atom stereocenters. The first kappa shape index (κ1) is 72.1. The summed E-state index contributed by atoms with van der Waals surface area (Å²) in [6, 6.07) is -0.534. The van der Waals surface area contributed by atoms with Crippen LogP contribution in [0.15, 0.2) is 12.2 Å². The van der Waals surface area contributed by atoms with Crippen LogP contribution in [-0.2, 0) is 4.79 Å². The van der Waals surface area contributed by atoms with Crippen molar-refractivity contribution in [2.24, 2.45) is 0 Å². The summed E-state index contributed by atoms with van der Waals surface area (Å²) >= 11 is 0. The Morgan fingerprint density at radius 1 is 0.315 bits per heavy atom. The van der Waals surface area contributed by atoms with Gasteiger partial charge < -0.3 is 15.5 Å². The Morgan fingerprint density at radius 3 is 0.753 bits per heavy atom. The molecule has 0 aliphatic carbocycles. The molecule has 0 rings (SSSR count). The van der Waals surface area contributed by atoms with Crippen molar-refractivity contribution in [3.05, 3.63) is 12.2 Å². The molecule has 1 amide bonds. The molecule has 0 fully saturated rings. The molecule has 4 heteroatoms. The van der Waals surface area contributed by atoms with E-state index in [2.05, 4.69) is 31.3 Å². The van der Waals surface area contributed by atoms with Gasteiger partial charge in [0.15, 0.2) is 0 Å². The van der Waals surface area contributed by atoms with Crippen LogP contribution < -0.4 is 5.32 Å². The van der Waals surface area contributed by atoms with Gasteiger partial charge in [-0.05, 0) is 38.5 Å². The number of rotatable bonds is 65. The highest BCUT2D eigenvalue weighted by atomic mass is 16.3. The molecule has 0 aliphatic heterocycles. The van der Waals surface area contributed by atoms with Crippen molar-refractivity contribution in [1.82, 2.24) is 5.32 Å². The average molecular weight is 1030 g/mol. The van der Waals surface area contributed by atoms with Gasteiger partial charge in [0.05, 0.1) is 18.8 Å². The Labute approximate surface area is 460 Å². The molecule has 73 heavy (non-hydrogen) atoms. The molecule has 2 atom stereocenters. The number of hydrogen-bond acceptors (Lipinski definition) is 3. The lowest BCUT2D eigenvalue weighted by Gasteiger charge is -2.22. The number of carbonyl (C=O) groups excluding carboxylic acids is 1. The van der Waals surface area contributed by atoms with E-state index in [0.717, 1.165) is 25.7 Å². The minimum Gasteiger partial charge on any atom is -0.394 e. The van der Waals surface area contributed by atoms with Crippen LogP contribution in [0.1, 0.15) is 406 Å². The maximum absolute atomic E-state index is 12.5. The molecule has 0 saturated heterocycles. The number of hydrogen-bond donors (Lipinski definition) is 3. The first-order valence-corrected chi connectivity index (χ1v) is 34.4. The predicted octanol–water partition coefficient (Wildman–Crippen LogP) is 23.2. The predicted molar refractivity (Wildman–Crippen MR) is 327 cm³/mol. The summed E-state index contributed by atoms with van der Waals surface area (Å²) in [5, 5.41) is 23.4. The fraction of sp³-hybridized carbons (Fsp3) is 0.957. The largest absolute Gasteiger partial charge is 0.394 e. The second-order valence-corrected chi connectivity index (χ2v) is 24.0. The van der Waals surface area contributed by atoms with E-state index in [1.165, 1.54) is 353 Å². The number of carbonyl (C=O) groups is 1. The van der Waals surface area contributed by atoms with E-state index in [1.807, 2.05) is 0 Å². The van der Waals surface area contributed by atoms with Crippen LogP contribution in [-0.4, -0.2) is 34.9 Å². The van der Waals surface area contributed by atoms with Gasteiger partial charge in [-0.3, -0.25) is 4.79 Å². The van der Waals surface area contributed by atoms with Gasteiger partial charge in [-0.2, -0.15) is 0 Å². The van der Waals surface area contributed by atoms with Crippen LogP contribution in [0.2, 0.25) is 0 Å². The summed E-state index contributed by atoms with van der Waals surface area (Å²) in [7, 11) is 0. The van der Waals surface area contributed by atoms with Crippen molar-refractivity contribution in [2.75, 3.05) is 6.61 Å². The summed E-state index contributed by atoms with van der Waals surface area (Å²) in [4.78, 5) is 12.5. The Morgan fingerprint density at radius 2 is 0.521 bits per heavy atom. The molecule has 0 aliphatic rings. The number of amides is 1. The lowest BCUT2D eigenvalue weighted by Crippen LogP contribution is -2.45. The highest BCUT2D eigenvalue weighted by Gasteiger charge is 2.20. The fourth-order valence-electron chi connectivity index (χ4n) is 11.3. The number of allylic oxidation sites excluding steroid dienone is 2. The normalized spacial score (nSPS) is 12.7. The van der Waals surface area contributed by atoms with Gasteiger partial charge in [0.25, 0.3) is 0 Å². The zero-order valence-corrected chi connectivity index (χ0v) is 50.5. The standard InChI is InChI=1S/C69H137NO3/c1-3-5-7-9-11-13-15-17-19-21-23-25-27-29-30-31-32-33-34-35-36-37-38-39-40-41-43-45-47-49-51-53-55-57-59-61-63-65-69(73)70-67(66-71)68(72)64-62-60-58-56-54-52-50-48-46-44-42-28-26-24-22-20-18-16-14-12-10-8-6-4-2/h33-34,67-68,71-72H,3-32,35-66H2,1-2H3,(H,70,73)/b34-33-. The lowest BCUT2D eigenvalue weighted by atomic mass is 10.0. The van der Waals surface area contributed by atoms with E-state index in [9.17, 15) is 15.0 Å². The molecular weight excluding hydrogens is 891 g/mol. The van der Waals surface area contributed by atoms with E-state index < -0.39 is 12.1 Å². The molecule has 3 N–H and O–H groups in total. The molecule has 0 bridgehead atoms. The smallest absolute Gasteiger partial charge is 0.220 e. The van der Waals surface area contributed by atoms with Crippen molar-refractivity contribution >= 4 is 5.91 Å². The average Bonchev–Trinajstić information content (AvgIpc) is 3.40. The Bertz CT molecular complexity index is 1030. The highest BCUT2D eigenvalue weighted by molar-refractivity contribution is 5.76. The fourth-order valence-corrected chi connectivity index (χ4v) is 11.3. The number of unbranched alkanes of at least 4 members (excludes halogenated alkanes) is 56. The third-order valence-corrected chi connectivity index (χ3v) is 16.5. The van der Waals surface area contributed by atoms with Gasteiger partial charge in [0.2, 0.25) is 5.91 Å². The first-order chi connectivity index (χ1) is 36.2. The van der Waals surface area contributed by atoms with E-state index >= 15 is 0 Å². The molecule has 4 nitrogen and oxygen atoms in total. The zero-order valence-electron chi connectivity index (χ0n) is 50.5. The molecule has 0 saturated carbocycles. The number of aliphatic hydroxyl groups excluding tert-OH is 2. The maximum atomic E-state index is 12.5. The highest BCUT2D eigenvalue weighted by Crippen LogP contribution is 2.19. The number of aliphatic hydroxyl groups is 2. The monoisotopic (exact) mass is 1030 g/mol. The Balaban J connectivity index is 3.37. The third-order valence-electron chi connectivity index (χ3n) is 16.5. The van der Waals surface area contributed by atoms with Gasteiger partial charge in [-0.25, -0.2) is 0 Å². The topological polar surface area (TPSA) is 69.6 Å². The molecular formula is C69H137NO3. The van der Waals surface area contributed by atoms with E-state index in [-0.39, 0.29) is 12.5 Å². The molecule has 0 aromatic rings. The quantitative estimate of drug-likeness (QED) is 0.0420. The second kappa shape index (κ2) is 65.4.